The molecule has 5 heteroatoms. The lowest BCUT2D eigenvalue weighted by molar-refractivity contribution is -0.114. The van der Waals surface area contributed by atoms with Crippen molar-refractivity contribution in [2.45, 2.75) is 6.92 Å². The molecular weight excluding hydrogens is 223 g/mol. The van der Waals surface area contributed by atoms with E-state index in [9.17, 15) is 4.79 Å². The Morgan fingerprint density at radius 1 is 1.43 bits per heavy atom. The minimum absolute atomic E-state index is 0.0815. The highest BCUT2D eigenvalue weighted by molar-refractivity contribution is 6.36. The van der Waals surface area contributed by atoms with Gasteiger partial charge in [0.2, 0.25) is 5.91 Å². The fraction of sp³-hybridized carbons (Fsp3) is 0.222. The molecule has 0 aliphatic rings. The van der Waals surface area contributed by atoms with Gasteiger partial charge in [0.25, 0.3) is 0 Å². The summed E-state index contributed by atoms with van der Waals surface area (Å²) in [5.74, 6) is -0.299. The molecule has 0 saturated heterocycles. The average Bonchev–Trinajstić information content (AvgIpc) is 2.14. The molecule has 1 aromatic rings. The van der Waals surface area contributed by atoms with Gasteiger partial charge in [0.1, 0.15) is 0 Å². The number of rotatable bonds is 2. The van der Waals surface area contributed by atoms with Crippen molar-refractivity contribution in [3.05, 3.63) is 27.7 Å². The van der Waals surface area contributed by atoms with Gasteiger partial charge in [-0.2, -0.15) is 0 Å². The monoisotopic (exact) mass is 232 g/mol. The molecule has 0 aromatic heterocycles. The molecule has 0 unspecified atom stereocenters. The van der Waals surface area contributed by atoms with Gasteiger partial charge >= 0.3 is 0 Å². The van der Waals surface area contributed by atoms with Gasteiger partial charge in [0.05, 0.1) is 17.3 Å². The lowest BCUT2D eigenvalue weighted by Crippen LogP contribution is -2.22. The Kier molecular flexibility index (Phi) is 3.75. The molecule has 0 saturated carbocycles. The van der Waals surface area contributed by atoms with E-state index < -0.39 is 0 Å². The van der Waals surface area contributed by atoms with Gasteiger partial charge < -0.3 is 11.1 Å². The number of hydrogen-bond acceptors (Lipinski definition) is 2. The van der Waals surface area contributed by atoms with Crippen LogP contribution in [0.15, 0.2) is 12.1 Å². The first kappa shape index (κ1) is 11.3. The molecule has 0 radical (unpaired) electrons. The van der Waals surface area contributed by atoms with E-state index >= 15 is 0 Å². The van der Waals surface area contributed by atoms with Crippen LogP contribution in [0.3, 0.4) is 0 Å². The number of anilines is 1. The molecule has 76 valence electrons. The van der Waals surface area contributed by atoms with E-state index in [2.05, 4.69) is 5.32 Å². The normalized spacial score (nSPS) is 10.0. The maximum Gasteiger partial charge on any atom is 0.238 e. The fourth-order valence-electron chi connectivity index (χ4n) is 0.943. The zero-order valence-corrected chi connectivity index (χ0v) is 9.12. The van der Waals surface area contributed by atoms with Crippen molar-refractivity contribution in [3.63, 3.8) is 0 Å². The van der Waals surface area contributed by atoms with Gasteiger partial charge in [-0.15, -0.1) is 0 Å². The van der Waals surface area contributed by atoms with E-state index in [4.69, 9.17) is 28.9 Å². The Balaban J connectivity index is 2.98. The van der Waals surface area contributed by atoms with Gasteiger partial charge in [-0.25, -0.2) is 0 Å². The summed E-state index contributed by atoms with van der Waals surface area (Å²) in [6, 6.07) is 3.29. The van der Waals surface area contributed by atoms with Crippen LogP contribution in [0.5, 0.6) is 0 Å². The SMILES string of the molecule is Cc1cc(Cl)c(NC(=O)CN)cc1Cl. The molecule has 0 spiro atoms. The molecule has 0 fully saturated rings. The van der Waals surface area contributed by atoms with Crippen molar-refractivity contribution < 1.29 is 4.79 Å². The van der Waals surface area contributed by atoms with Gasteiger partial charge in [0, 0.05) is 5.02 Å². The van der Waals surface area contributed by atoms with Crippen LogP contribution in [0.1, 0.15) is 5.56 Å². The molecule has 0 atom stereocenters. The summed E-state index contributed by atoms with van der Waals surface area (Å²) in [7, 11) is 0. The quantitative estimate of drug-likeness (QED) is 0.822. The Labute approximate surface area is 92.2 Å². The van der Waals surface area contributed by atoms with Crippen molar-refractivity contribution >= 4 is 34.8 Å². The Morgan fingerprint density at radius 2 is 2.07 bits per heavy atom. The summed E-state index contributed by atoms with van der Waals surface area (Å²) in [6.07, 6.45) is 0. The topological polar surface area (TPSA) is 55.1 Å². The van der Waals surface area contributed by atoms with E-state index in [-0.39, 0.29) is 12.5 Å². The van der Waals surface area contributed by atoms with Crippen molar-refractivity contribution in [2.75, 3.05) is 11.9 Å². The lowest BCUT2D eigenvalue weighted by atomic mass is 10.2. The second-order valence-corrected chi connectivity index (χ2v) is 3.65. The van der Waals surface area contributed by atoms with Crippen LogP contribution in [-0.2, 0) is 4.79 Å². The second kappa shape index (κ2) is 4.64. The van der Waals surface area contributed by atoms with Crippen LogP contribution >= 0.6 is 23.2 Å². The molecule has 0 aliphatic heterocycles. The largest absolute Gasteiger partial charge is 0.324 e. The number of amides is 1. The molecule has 0 bridgehead atoms. The molecule has 14 heavy (non-hydrogen) atoms. The van der Waals surface area contributed by atoms with Crippen molar-refractivity contribution in [1.29, 1.82) is 0 Å². The van der Waals surface area contributed by atoms with Crippen molar-refractivity contribution in [2.24, 2.45) is 5.73 Å². The smallest absolute Gasteiger partial charge is 0.238 e. The molecule has 0 heterocycles. The molecule has 1 aromatic carbocycles. The maximum absolute atomic E-state index is 11.0. The van der Waals surface area contributed by atoms with E-state index in [1.165, 1.54) is 0 Å². The van der Waals surface area contributed by atoms with Crippen LogP contribution in [-0.4, -0.2) is 12.5 Å². The number of carbonyl (C=O) groups excluding carboxylic acids is 1. The molecule has 3 nitrogen and oxygen atoms in total. The van der Waals surface area contributed by atoms with Crippen LogP contribution in [0.25, 0.3) is 0 Å². The fourth-order valence-corrected chi connectivity index (χ4v) is 1.37. The van der Waals surface area contributed by atoms with Crippen LogP contribution in [0.2, 0.25) is 10.0 Å². The predicted octanol–water partition coefficient (Wildman–Crippen LogP) is 2.20. The first-order valence-electron chi connectivity index (χ1n) is 4.00. The summed E-state index contributed by atoms with van der Waals surface area (Å²) in [6.45, 7) is 1.75. The Morgan fingerprint density at radius 3 is 2.64 bits per heavy atom. The third-order valence-electron chi connectivity index (χ3n) is 1.71. The minimum atomic E-state index is -0.299. The molecular formula is C9H10Cl2N2O. The molecule has 3 N–H and O–H groups in total. The third kappa shape index (κ3) is 2.61. The number of nitrogens with one attached hydrogen (secondary N) is 1. The van der Waals surface area contributed by atoms with E-state index in [1.54, 1.807) is 12.1 Å². The maximum atomic E-state index is 11.0. The first-order valence-corrected chi connectivity index (χ1v) is 4.75. The van der Waals surface area contributed by atoms with Crippen molar-refractivity contribution in [3.8, 4) is 0 Å². The Hall–Kier alpha value is -0.770. The van der Waals surface area contributed by atoms with Gasteiger partial charge in [-0.3, -0.25) is 4.79 Å². The summed E-state index contributed by atoms with van der Waals surface area (Å²) in [5.41, 5.74) is 6.50. The zero-order valence-electron chi connectivity index (χ0n) is 7.60. The number of benzene rings is 1. The molecule has 1 amide bonds. The molecule has 1 rings (SSSR count). The van der Waals surface area contributed by atoms with Gasteiger partial charge in [-0.1, -0.05) is 23.2 Å². The number of hydrogen-bond donors (Lipinski definition) is 2. The van der Waals surface area contributed by atoms with Gasteiger partial charge in [0.15, 0.2) is 0 Å². The van der Waals surface area contributed by atoms with Crippen LogP contribution < -0.4 is 11.1 Å². The number of nitrogens with two attached hydrogens (primary N) is 1. The predicted molar refractivity (Wildman–Crippen MR) is 58.9 cm³/mol. The number of aryl methyl sites for hydroxylation is 1. The van der Waals surface area contributed by atoms with Gasteiger partial charge in [-0.05, 0) is 24.6 Å². The highest BCUT2D eigenvalue weighted by Gasteiger charge is 2.06. The highest BCUT2D eigenvalue weighted by Crippen LogP contribution is 2.28. The second-order valence-electron chi connectivity index (χ2n) is 2.83. The summed E-state index contributed by atoms with van der Waals surface area (Å²) < 4.78 is 0. The number of halogens is 2. The standard InChI is InChI=1S/C9H10Cl2N2O/c1-5-2-7(11)8(3-6(5)10)13-9(14)4-12/h2-3H,4,12H2,1H3,(H,13,14). The van der Waals surface area contributed by atoms with Crippen LogP contribution in [0.4, 0.5) is 5.69 Å². The molecule has 0 aliphatic carbocycles. The first-order chi connectivity index (χ1) is 6.54. The average molecular weight is 233 g/mol. The summed E-state index contributed by atoms with van der Waals surface area (Å²) in [5, 5.41) is 3.56. The zero-order chi connectivity index (χ0) is 10.7. The summed E-state index contributed by atoms with van der Waals surface area (Å²) >= 11 is 11.8. The highest BCUT2D eigenvalue weighted by atomic mass is 35.5. The lowest BCUT2D eigenvalue weighted by Gasteiger charge is -2.07. The minimum Gasteiger partial charge on any atom is -0.324 e. The number of carbonyl (C=O) groups is 1. The van der Waals surface area contributed by atoms with E-state index in [0.717, 1.165) is 5.56 Å². The van der Waals surface area contributed by atoms with E-state index in [0.29, 0.717) is 15.7 Å². The van der Waals surface area contributed by atoms with Crippen LogP contribution in [0, 0.1) is 6.92 Å². The third-order valence-corrected chi connectivity index (χ3v) is 2.43. The Bertz CT molecular complexity index is 366. The van der Waals surface area contributed by atoms with Crippen molar-refractivity contribution in [1.82, 2.24) is 0 Å². The van der Waals surface area contributed by atoms with E-state index in [1.807, 2.05) is 6.92 Å². The summed E-state index contributed by atoms with van der Waals surface area (Å²) in [4.78, 5) is 11.0.